The van der Waals surface area contributed by atoms with Crippen LogP contribution in [-0.2, 0) is 4.74 Å². The SMILES string of the molecule is CCOC(=O)Nc1cc(C)nn1-c1nc(-c2cccc(OC)c2)cs1. The molecule has 0 atom stereocenters. The van der Waals surface area contributed by atoms with Crippen LogP contribution in [0.1, 0.15) is 12.6 Å². The molecule has 0 unspecified atom stereocenters. The number of methoxy groups -OCH3 is 1. The van der Waals surface area contributed by atoms with E-state index in [1.54, 1.807) is 24.8 Å². The van der Waals surface area contributed by atoms with Gasteiger partial charge in [0, 0.05) is 17.0 Å². The van der Waals surface area contributed by atoms with Crippen molar-refractivity contribution in [3.8, 4) is 22.1 Å². The lowest BCUT2D eigenvalue weighted by atomic mass is 10.2. The number of aromatic nitrogens is 3. The number of nitrogens with one attached hydrogen (secondary N) is 1. The minimum absolute atomic E-state index is 0.302. The number of hydrogen-bond donors (Lipinski definition) is 1. The molecule has 25 heavy (non-hydrogen) atoms. The van der Waals surface area contributed by atoms with Crippen LogP contribution in [0.25, 0.3) is 16.4 Å². The van der Waals surface area contributed by atoms with Gasteiger partial charge in [-0.1, -0.05) is 12.1 Å². The van der Waals surface area contributed by atoms with E-state index >= 15 is 0 Å². The van der Waals surface area contributed by atoms with Crippen molar-refractivity contribution in [2.45, 2.75) is 13.8 Å². The number of anilines is 1. The van der Waals surface area contributed by atoms with Crippen molar-refractivity contribution in [1.82, 2.24) is 14.8 Å². The Morgan fingerprint density at radius 1 is 1.36 bits per heavy atom. The summed E-state index contributed by atoms with van der Waals surface area (Å²) in [6, 6.07) is 9.45. The summed E-state index contributed by atoms with van der Waals surface area (Å²) in [5.74, 6) is 1.29. The fourth-order valence-corrected chi connectivity index (χ4v) is 3.08. The van der Waals surface area contributed by atoms with Crippen LogP contribution in [0.3, 0.4) is 0 Å². The summed E-state index contributed by atoms with van der Waals surface area (Å²) in [6.45, 7) is 3.91. The summed E-state index contributed by atoms with van der Waals surface area (Å²) in [5, 5.41) is 9.68. The summed E-state index contributed by atoms with van der Waals surface area (Å²) in [4.78, 5) is 16.3. The van der Waals surface area contributed by atoms with Gasteiger partial charge >= 0.3 is 6.09 Å². The van der Waals surface area contributed by atoms with Crippen molar-refractivity contribution in [3.63, 3.8) is 0 Å². The van der Waals surface area contributed by atoms with E-state index in [-0.39, 0.29) is 0 Å². The van der Waals surface area contributed by atoms with Crippen molar-refractivity contribution in [2.24, 2.45) is 0 Å². The lowest BCUT2D eigenvalue weighted by molar-refractivity contribution is 0.167. The molecule has 8 heteroatoms. The first kappa shape index (κ1) is 17.0. The van der Waals surface area contributed by atoms with Gasteiger partial charge in [0.25, 0.3) is 0 Å². The summed E-state index contributed by atoms with van der Waals surface area (Å²) >= 11 is 1.44. The minimum atomic E-state index is -0.520. The van der Waals surface area contributed by atoms with E-state index < -0.39 is 6.09 Å². The van der Waals surface area contributed by atoms with Gasteiger partial charge in [-0.25, -0.2) is 9.78 Å². The molecular weight excluding hydrogens is 340 g/mol. The zero-order valence-corrected chi connectivity index (χ0v) is 15.0. The quantitative estimate of drug-likeness (QED) is 0.749. The Bertz CT molecular complexity index is 888. The molecule has 7 nitrogen and oxygen atoms in total. The molecule has 1 N–H and O–H groups in total. The number of amides is 1. The number of rotatable bonds is 5. The van der Waals surface area contributed by atoms with Gasteiger partial charge in [0.2, 0.25) is 5.13 Å². The highest BCUT2D eigenvalue weighted by Gasteiger charge is 2.15. The highest BCUT2D eigenvalue weighted by atomic mass is 32.1. The van der Waals surface area contributed by atoms with Crippen molar-refractivity contribution < 1.29 is 14.3 Å². The summed E-state index contributed by atoms with van der Waals surface area (Å²) in [5.41, 5.74) is 2.53. The molecule has 0 radical (unpaired) electrons. The summed E-state index contributed by atoms with van der Waals surface area (Å²) in [6.07, 6.45) is -0.520. The van der Waals surface area contributed by atoms with E-state index in [0.717, 1.165) is 22.7 Å². The smallest absolute Gasteiger partial charge is 0.412 e. The first-order chi connectivity index (χ1) is 12.1. The molecule has 0 saturated carbocycles. The van der Waals surface area contributed by atoms with E-state index in [0.29, 0.717) is 17.6 Å². The number of carbonyl (C=O) groups is 1. The summed E-state index contributed by atoms with van der Waals surface area (Å²) in [7, 11) is 1.63. The molecule has 0 spiro atoms. The van der Waals surface area contributed by atoms with Gasteiger partial charge in [0.05, 0.1) is 25.1 Å². The van der Waals surface area contributed by atoms with Gasteiger partial charge in [0.1, 0.15) is 11.6 Å². The third-order valence-corrected chi connectivity index (χ3v) is 4.19. The zero-order valence-electron chi connectivity index (χ0n) is 14.1. The Morgan fingerprint density at radius 3 is 2.96 bits per heavy atom. The molecule has 130 valence electrons. The van der Waals surface area contributed by atoms with Crippen LogP contribution in [-0.4, -0.2) is 34.6 Å². The number of thiazole rings is 1. The fraction of sp³-hybridized carbons (Fsp3) is 0.235. The molecule has 2 heterocycles. The van der Waals surface area contributed by atoms with Crippen molar-refractivity contribution in [2.75, 3.05) is 19.0 Å². The zero-order chi connectivity index (χ0) is 17.8. The number of benzene rings is 1. The van der Waals surface area contributed by atoms with Crippen molar-refractivity contribution >= 4 is 23.2 Å². The second-order valence-electron chi connectivity index (χ2n) is 5.18. The van der Waals surface area contributed by atoms with Gasteiger partial charge in [-0.05, 0) is 26.0 Å². The van der Waals surface area contributed by atoms with Crippen LogP contribution in [0.5, 0.6) is 5.75 Å². The van der Waals surface area contributed by atoms with Gasteiger partial charge in [-0.3, -0.25) is 5.32 Å². The maximum absolute atomic E-state index is 11.7. The topological polar surface area (TPSA) is 78.3 Å². The van der Waals surface area contributed by atoms with Crippen LogP contribution in [0.4, 0.5) is 10.6 Å². The van der Waals surface area contributed by atoms with Crippen LogP contribution < -0.4 is 10.1 Å². The van der Waals surface area contributed by atoms with E-state index in [4.69, 9.17) is 9.47 Å². The second kappa shape index (κ2) is 7.35. The summed E-state index contributed by atoms with van der Waals surface area (Å²) < 4.78 is 11.8. The van der Waals surface area contributed by atoms with Crippen LogP contribution >= 0.6 is 11.3 Å². The third-order valence-electron chi connectivity index (χ3n) is 3.38. The number of carbonyl (C=O) groups excluding carboxylic acids is 1. The Balaban J connectivity index is 1.90. The molecule has 0 fully saturated rings. The molecule has 0 saturated heterocycles. The number of nitrogens with zero attached hydrogens (tertiary/aromatic N) is 3. The standard InChI is InChI=1S/C17H18N4O3S/c1-4-24-17(22)19-15-8-11(2)20-21(15)16-18-14(10-25-16)12-6-5-7-13(9-12)23-3/h5-10H,4H2,1-3H3,(H,19,22). The van der Waals surface area contributed by atoms with E-state index in [9.17, 15) is 4.79 Å². The van der Waals surface area contributed by atoms with E-state index in [1.807, 2.05) is 36.6 Å². The lowest BCUT2D eigenvalue weighted by Gasteiger charge is -2.06. The van der Waals surface area contributed by atoms with Gasteiger partial charge in [-0.2, -0.15) is 9.78 Å². The molecule has 1 aromatic carbocycles. The Labute approximate surface area is 149 Å². The number of ether oxygens (including phenoxy) is 2. The normalized spacial score (nSPS) is 10.5. The molecule has 0 aliphatic rings. The van der Waals surface area contributed by atoms with Crippen molar-refractivity contribution in [3.05, 3.63) is 41.4 Å². The molecule has 0 aliphatic heterocycles. The maximum atomic E-state index is 11.7. The highest BCUT2D eigenvalue weighted by molar-refractivity contribution is 7.12. The lowest BCUT2D eigenvalue weighted by Crippen LogP contribution is -2.16. The van der Waals surface area contributed by atoms with Crippen LogP contribution in [0.15, 0.2) is 35.7 Å². The minimum Gasteiger partial charge on any atom is -0.497 e. The van der Waals surface area contributed by atoms with Gasteiger partial charge in [0.15, 0.2) is 0 Å². The Morgan fingerprint density at radius 2 is 2.20 bits per heavy atom. The maximum Gasteiger partial charge on any atom is 0.412 e. The molecule has 3 rings (SSSR count). The van der Waals surface area contributed by atoms with Crippen LogP contribution in [0.2, 0.25) is 0 Å². The second-order valence-corrected chi connectivity index (χ2v) is 6.01. The van der Waals surface area contributed by atoms with Crippen molar-refractivity contribution in [1.29, 1.82) is 0 Å². The third kappa shape index (κ3) is 3.80. The van der Waals surface area contributed by atoms with E-state index in [1.165, 1.54) is 11.3 Å². The average molecular weight is 358 g/mol. The number of aryl methyl sites for hydroxylation is 1. The monoisotopic (exact) mass is 358 g/mol. The fourth-order valence-electron chi connectivity index (χ4n) is 2.28. The number of hydrogen-bond acceptors (Lipinski definition) is 6. The molecule has 0 aliphatic carbocycles. The Hall–Kier alpha value is -2.87. The highest BCUT2D eigenvalue weighted by Crippen LogP contribution is 2.28. The average Bonchev–Trinajstić information content (AvgIpc) is 3.22. The first-order valence-corrected chi connectivity index (χ1v) is 8.59. The first-order valence-electron chi connectivity index (χ1n) is 7.71. The van der Waals surface area contributed by atoms with Crippen LogP contribution in [0, 0.1) is 6.92 Å². The molecular formula is C17H18N4O3S. The van der Waals surface area contributed by atoms with Gasteiger partial charge in [-0.15, -0.1) is 11.3 Å². The molecule has 1 amide bonds. The van der Waals surface area contributed by atoms with E-state index in [2.05, 4.69) is 15.4 Å². The van der Waals surface area contributed by atoms with Gasteiger partial charge < -0.3 is 9.47 Å². The largest absolute Gasteiger partial charge is 0.497 e. The Kier molecular flexibility index (Phi) is 4.99. The predicted molar refractivity (Wildman–Crippen MR) is 96.6 cm³/mol. The molecule has 3 aromatic rings. The molecule has 0 bridgehead atoms. The predicted octanol–water partition coefficient (Wildman–Crippen LogP) is 3.88. The molecule has 2 aromatic heterocycles.